The van der Waals surface area contributed by atoms with Crippen molar-refractivity contribution in [2.75, 3.05) is 24.3 Å². The summed E-state index contributed by atoms with van der Waals surface area (Å²) >= 11 is 0. The molecule has 12 heteroatoms. The Kier molecular flexibility index (Phi) is 7.51. The van der Waals surface area contributed by atoms with Gasteiger partial charge in [0.15, 0.2) is 9.84 Å². The summed E-state index contributed by atoms with van der Waals surface area (Å²) in [7, 11) is -2.44. The number of benzene rings is 2. The molecule has 8 nitrogen and oxygen atoms in total. The molecule has 34 heavy (non-hydrogen) atoms. The first-order chi connectivity index (χ1) is 15.9. The highest BCUT2D eigenvalue weighted by atomic mass is 32.2. The third kappa shape index (κ3) is 6.06. The highest BCUT2D eigenvalue weighted by Gasteiger charge is 2.36. The average Bonchev–Trinajstić information content (AvgIpc) is 2.84. The maximum Gasteiger partial charge on any atom is 0.389 e. The van der Waals surface area contributed by atoms with E-state index in [1.807, 2.05) is 0 Å². The molecule has 1 aliphatic heterocycles. The lowest BCUT2D eigenvalue weighted by molar-refractivity contribution is -0.135. The Balaban J connectivity index is 1.93. The van der Waals surface area contributed by atoms with Crippen LogP contribution in [0.1, 0.15) is 28.8 Å². The van der Waals surface area contributed by atoms with Gasteiger partial charge in [0.1, 0.15) is 5.75 Å². The molecule has 2 aromatic rings. The fourth-order valence-corrected chi connectivity index (χ4v) is 5.08. The van der Waals surface area contributed by atoms with Crippen molar-refractivity contribution >= 4 is 27.3 Å². The molecule has 0 aliphatic carbocycles. The number of hydrogen-bond acceptors (Lipinski definition) is 6. The van der Waals surface area contributed by atoms with Gasteiger partial charge in [0.05, 0.1) is 36.0 Å². The maximum atomic E-state index is 13.0. The number of methoxy groups -OCH3 is 1. The van der Waals surface area contributed by atoms with Crippen LogP contribution in [-0.2, 0) is 21.2 Å². The molecule has 1 aliphatic rings. The number of hydrogen-bond donors (Lipinski definition) is 2. The third-order valence-corrected chi connectivity index (χ3v) is 7.06. The normalized spacial score (nSPS) is 17.6. The molecule has 3 N–H and O–H groups in total. The van der Waals surface area contributed by atoms with Crippen LogP contribution >= 0.6 is 0 Å². The molecule has 0 aromatic heterocycles. The average molecular weight is 500 g/mol. The van der Waals surface area contributed by atoms with E-state index < -0.39 is 46.0 Å². The number of alkyl halides is 3. The van der Waals surface area contributed by atoms with Crippen LogP contribution in [0.2, 0.25) is 0 Å². The first kappa shape index (κ1) is 25.5. The first-order valence-electron chi connectivity index (χ1n) is 10.3. The van der Waals surface area contributed by atoms with E-state index in [1.54, 1.807) is 24.3 Å². The van der Waals surface area contributed by atoms with Gasteiger partial charge in [-0.15, -0.1) is 0 Å². The van der Waals surface area contributed by atoms with Crippen molar-refractivity contribution < 1.29 is 35.9 Å². The Morgan fingerprint density at radius 2 is 1.88 bits per heavy atom. The van der Waals surface area contributed by atoms with E-state index in [1.165, 1.54) is 30.2 Å². The van der Waals surface area contributed by atoms with Gasteiger partial charge in [-0.2, -0.15) is 13.2 Å². The molecule has 184 valence electrons. The van der Waals surface area contributed by atoms with Crippen LogP contribution in [0.15, 0.2) is 47.4 Å². The minimum absolute atomic E-state index is 0.00367. The number of anilines is 1. The van der Waals surface area contributed by atoms with Crippen LogP contribution < -0.4 is 20.7 Å². The van der Waals surface area contributed by atoms with E-state index in [0.29, 0.717) is 11.3 Å². The second-order valence-corrected chi connectivity index (χ2v) is 9.82. The summed E-state index contributed by atoms with van der Waals surface area (Å²) in [5.41, 5.74) is 6.52. The van der Waals surface area contributed by atoms with E-state index in [4.69, 9.17) is 10.5 Å². The molecule has 2 aromatic carbocycles. The minimum atomic E-state index is -4.33. The lowest BCUT2D eigenvalue weighted by atomic mass is 10.1. The Morgan fingerprint density at radius 1 is 1.21 bits per heavy atom. The second kappa shape index (κ2) is 10.0. The molecule has 0 saturated heterocycles. The van der Waals surface area contributed by atoms with Crippen LogP contribution in [0.3, 0.4) is 0 Å². The van der Waals surface area contributed by atoms with Gasteiger partial charge in [-0.1, -0.05) is 12.1 Å². The number of nitrogens with zero attached hydrogens (tertiary/aromatic N) is 1. The largest absolute Gasteiger partial charge is 0.497 e. The van der Waals surface area contributed by atoms with E-state index in [0.717, 1.165) is 0 Å². The fraction of sp³-hybridized carbons (Fsp3) is 0.364. The number of nitrogens with two attached hydrogens (primary N) is 1. The van der Waals surface area contributed by atoms with Gasteiger partial charge >= 0.3 is 6.18 Å². The van der Waals surface area contributed by atoms with Gasteiger partial charge in [-0.25, -0.2) is 8.42 Å². The van der Waals surface area contributed by atoms with Crippen molar-refractivity contribution in [2.45, 2.75) is 36.5 Å². The summed E-state index contributed by atoms with van der Waals surface area (Å²) < 4.78 is 67.7. The Hall–Kier alpha value is -3.12. The van der Waals surface area contributed by atoms with Crippen molar-refractivity contribution in [3.05, 3.63) is 53.6 Å². The zero-order valence-electron chi connectivity index (χ0n) is 18.3. The number of amides is 2. The SMILES string of the molecule is COc1ccc(CN2C(=O)[C@@H](N)CS(=O)(=O)c3ccc(C(=O)NCCCC(F)(F)F)cc32)cc1. The van der Waals surface area contributed by atoms with Crippen LogP contribution in [0.5, 0.6) is 5.75 Å². The van der Waals surface area contributed by atoms with Crippen LogP contribution in [0, 0.1) is 0 Å². The molecule has 0 bridgehead atoms. The van der Waals surface area contributed by atoms with Gasteiger partial charge < -0.3 is 20.7 Å². The second-order valence-electron chi connectivity index (χ2n) is 7.82. The van der Waals surface area contributed by atoms with E-state index in [2.05, 4.69) is 5.32 Å². The summed E-state index contributed by atoms with van der Waals surface area (Å²) in [6.07, 6.45) is -5.67. The molecule has 0 saturated carbocycles. The van der Waals surface area contributed by atoms with Crippen molar-refractivity contribution in [3.8, 4) is 5.75 Å². The quantitative estimate of drug-likeness (QED) is 0.565. The van der Waals surface area contributed by atoms with Gasteiger partial charge in [0.2, 0.25) is 5.91 Å². The van der Waals surface area contributed by atoms with E-state index in [9.17, 15) is 31.2 Å². The highest BCUT2D eigenvalue weighted by molar-refractivity contribution is 7.91. The molecule has 2 amide bonds. The standard InChI is InChI=1S/C22H24F3N3O5S/c1-33-16-6-3-14(4-7-16)12-28-18-11-15(20(29)27-10-2-9-22(23,24)25)5-8-19(18)34(31,32)13-17(26)21(28)30/h3-8,11,17H,2,9-10,12-13,26H2,1H3,(H,27,29)/t17-/m0/s1. The number of carbonyl (C=O) groups is 2. The van der Waals surface area contributed by atoms with Crippen molar-refractivity contribution in [2.24, 2.45) is 5.73 Å². The number of rotatable bonds is 7. The smallest absolute Gasteiger partial charge is 0.389 e. The summed E-state index contributed by atoms with van der Waals surface area (Å²) in [6, 6.07) is 9.16. The highest BCUT2D eigenvalue weighted by Crippen LogP contribution is 2.33. The topological polar surface area (TPSA) is 119 Å². The predicted molar refractivity (Wildman–Crippen MR) is 118 cm³/mol. The molecular weight excluding hydrogens is 475 g/mol. The van der Waals surface area contributed by atoms with Crippen LogP contribution in [0.25, 0.3) is 0 Å². The Labute approximate surface area is 194 Å². The molecule has 0 unspecified atom stereocenters. The van der Waals surface area contributed by atoms with Gasteiger partial charge in [-0.3, -0.25) is 9.59 Å². The molecule has 1 heterocycles. The minimum Gasteiger partial charge on any atom is -0.497 e. The summed E-state index contributed by atoms with van der Waals surface area (Å²) in [6.45, 7) is -0.233. The van der Waals surface area contributed by atoms with Crippen molar-refractivity contribution in [3.63, 3.8) is 0 Å². The molecule has 0 radical (unpaired) electrons. The van der Waals surface area contributed by atoms with E-state index >= 15 is 0 Å². The lowest BCUT2D eigenvalue weighted by Crippen LogP contribution is -2.45. The number of nitrogens with one attached hydrogen (secondary N) is 1. The first-order valence-corrected chi connectivity index (χ1v) is 12.0. The fourth-order valence-electron chi connectivity index (χ4n) is 3.52. The maximum absolute atomic E-state index is 13.0. The molecular formula is C22H24F3N3O5S. The monoisotopic (exact) mass is 499 g/mol. The molecule has 0 fully saturated rings. The Morgan fingerprint density at radius 3 is 2.50 bits per heavy atom. The van der Waals surface area contributed by atoms with Gasteiger partial charge in [0, 0.05) is 18.5 Å². The molecule has 3 rings (SSSR count). The van der Waals surface area contributed by atoms with Gasteiger partial charge in [-0.05, 0) is 42.3 Å². The zero-order chi connectivity index (χ0) is 25.1. The predicted octanol–water partition coefficient (Wildman–Crippen LogP) is 2.42. The van der Waals surface area contributed by atoms with Crippen molar-refractivity contribution in [1.29, 1.82) is 0 Å². The summed E-state index contributed by atoms with van der Waals surface area (Å²) in [5.74, 6) is -1.33. The van der Waals surface area contributed by atoms with Gasteiger partial charge in [0.25, 0.3) is 5.91 Å². The summed E-state index contributed by atoms with van der Waals surface area (Å²) in [4.78, 5) is 26.6. The van der Waals surface area contributed by atoms with E-state index in [-0.39, 0.29) is 35.7 Å². The van der Waals surface area contributed by atoms with Crippen LogP contribution in [-0.4, -0.2) is 51.9 Å². The lowest BCUT2D eigenvalue weighted by Gasteiger charge is -2.24. The Bertz CT molecular complexity index is 1170. The number of halogens is 3. The number of sulfone groups is 1. The molecule has 0 spiro atoms. The zero-order valence-corrected chi connectivity index (χ0v) is 19.1. The molecule has 1 atom stereocenters. The van der Waals surface area contributed by atoms with Crippen LogP contribution in [0.4, 0.5) is 18.9 Å². The van der Waals surface area contributed by atoms with Crippen molar-refractivity contribution in [1.82, 2.24) is 5.32 Å². The number of carbonyl (C=O) groups excluding carboxylic acids is 2. The number of fused-ring (bicyclic) bond motifs is 1. The number of ether oxygens (including phenoxy) is 1. The third-order valence-electron chi connectivity index (χ3n) is 5.25. The summed E-state index contributed by atoms with van der Waals surface area (Å²) in [5, 5.41) is 2.38.